The number of likely N-dealkylation sites (tertiary alicyclic amines) is 1. The summed E-state index contributed by atoms with van der Waals surface area (Å²) >= 11 is 0. The Morgan fingerprint density at radius 1 is 1.21 bits per heavy atom. The number of amides is 1. The molecule has 2 aliphatic rings. The molecule has 1 aromatic heterocycles. The Balaban J connectivity index is 1.70. The van der Waals surface area contributed by atoms with Gasteiger partial charge in [-0.15, -0.1) is 0 Å². The highest BCUT2D eigenvalue weighted by Gasteiger charge is 2.36. The maximum atomic E-state index is 13.1. The number of piperidine rings is 1. The third-order valence-electron chi connectivity index (χ3n) is 5.94. The highest BCUT2D eigenvalue weighted by atomic mass is 16.5. The molecule has 156 valence electrons. The first kappa shape index (κ1) is 20.9. The van der Waals surface area contributed by atoms with E-state index in [9.17, 15) is 9.59 Å². The lowest BCUT2D eigenvalue weighted by Gasteiger charge is -2.45. The molecule has 1 aromatic rings. The van der Waals surface area contributed by atoms with Crippen LogP contribution < -0.4 is 0 Å². The van der Waals surface area contributed by atoms with E-state index in [0.717, 1.165) is 32.7 Å². The zero-order valence-corrected chi connectivity index (χ0v) is 17.3. The van der Waals surface area contributed by atoms with Crippen LogP contribution in [-0.2, 0) is 15.1 Å². The van der Waals surface area contributed by atoms with Crippen molar-refractivity contribution in [1.29, 1.82) is 0 Å². The molecule has 2 atom stereocenters. The molecule has 0 aromatic carbocycles. The fourth-order valence-electron chi connectivity index (χ4n) is 4.31. The van der Waals surface area contributed by atoms with Gasteiger partial charge < -0.3 is 19.3 Å². The maximum Gasteiger partial charge on any atom is 0.303 e. The second-order valence-corrected chi connectivity index (χ2v) is 8.93. The molecule has 7 heteroatoms. The minimum atomic E-state index is -0.772. The summed E-state index contributed by atoms with van der Waals surface area (Å²) in [5, 5.41) is 9.16. The molecule has 1 N–H and O–H groups in total. The van der Waals surface area contributed by atoms with Crippen molar-refractivity contribution < 1.29 is 19.4 Å². The Bertz CT molecular complexity index is 688. The van der Waals surface area contributed by atoms with Crippen molar-refractivity contribution in [3.8, 4) is 0 Å². The topological polar surface area (TPSA) is 75.0 Å². The van der Waals surface area contributed by atoms with Gasteiger partial charge in [0.15, 0.2) is 0 Å². The molecule has 0 spiro atoms. The summed E-state index contributed by atoms with van der Waals surface area (Å²) in [5.41, 5.74) is 0.642. The van der Waals surface area contributed by atoms with Crippen molar-refractivity contribution >= 4 is 11.9 Å². The predicted octanol–water partition coefficient (Wildman–Crippen LogP) is 2.27. The number of aliphatic carboxylic acids is 1. The Kier molecular flexibility index (Phi) is 6.45. The molecule has 2 saturated heterocycles. The number of ether oxygens (including phenoxy) is 1. The minimum absolute atomic E-state index is 0.0451. The van der Waals surface area contributed by atoms with Crippen molar-refractivity contribution in [2.45, 2.75) is 51.6 Å². The molecule has 2 fully saturated rings. The monoisotopic (exact) mass is 391 g/mol. The van der Waals surface area contributed by atoms with Crippen LogP contribution in [0.25, 0.3) is 0 Å². The third kappa shape index (κ3) is 4.94. The zero-order valence-electron chi connectivity index (χ0n) is 17.3. The lowest BCUT2D eigenvalue weighted by atomic mass is 9.86. The summed E-state index contributed by atoms with van der Waals surface area (Å²) < 4.78 is 7.53. The zero-order chi connectivity index (χ0) is 20.3. The van der Waals surface area contributed by atoms with Gasteiger partial charge in [-0.3, -0.25) is 14.5 Å². The smallest absolute Gasteiger partial charge is 0.303 e. The van der Waals surface area contributed by atoms with Crippen LogP contribution >= 0.6 is 0 Å². The highest BCUT2D eigenvalue weighted by molar-refractivity contribution is 5.94. The van der Waals surface area contributed by atoms with Gasteiger partial charge in [-0.1, -0.05) is 0 Å². The Morgan fingerprint density at radius 2 is 1.93 bits per heavy atom. The van der Waals surface area contributed by atoms with E-state index in [4.69, 9.17) is 9.84 Å². The van der Waals surface area contributed by atoms with E-state index < -0.39 is 5.97 Å². The summed E-state index contributed by atoms with van der Waals surface area (Å²) in [7, 11) is 0. The van der Waals surface area contributed by atoms with E-state index in [1.54, 1.807) is 0 Å². The van der Waals surface area contributed by atoms with Crippen molar-refractivity contribution in [1.82, 2.24) is 14.4 Å². The Labute approximate surface area is 167 Å². The SMILES string of the molecule is CC(C)(C)n1ccc(C(=O)N2CC[C@H](N3CCOCC3)[C@H](CCC(=O)O)C2)c1. The van der Waals surface area contributed by atoms with Crippen LogP contribution in [0.4, 0.5) is 0 Å². The van der Waals surface area contributed by atoms with Gasteiger partial charge in [-0.2, -0.15) is 0 Å². The van der Waals surface area contributed by atoms with Crippen LogP contribution in [0.2, 0.25) is 0 Å². The fourth-order valence-corrected chi connectivity index (χ4v) is 4.31. The summed E-state index contributed by atoms with van der Waals surface area (Å²) in [6.45, 7) is 10.9. The standard InChI is InChI=1S/C21H33N3O4/c1-21(2,3)24-9-6-17(15-24)20(27)23-8-7-18(22-10-12-28-13-11-22)16(14-23)4-5-19(25)26/h6,9,15-16,18H,4-5,7-8,10-14H2,1-3H3,(H,25,26)/t16-,18+/m1/s1. The van der Waals surface area contributed by atoms with Crippen LogP contribution in [0.1, 0.15) is 50.4 Å². The Morgan fingerprint density at radius 3 is 2.54 bits per heavy atom. The van der Waals surface area contributed by atoms with Gasteiger partial charge in [0.1, 0.15) is 0 Å². The minimum Gasteiger partial charge on any atom is -0.481 e. The number of carboxylic acid groups (broad SMARTS) is 1. The number of morpholine rings is 1. The molecule has 0 radical (unpaired) electrons. The van der Waals surface area contributed by atoms with Crippen molar-refractivity contribution in [2.75, 3.05) is 39.4 Å². The van der Waals surface area contributed by atoms with Gasteiger partial charge in [0, 0.05) is 56.6 Å². The lowest BCUT2D eigenvalue weighted by molar-refractivity contribution is -0.137. The number of rotatable bonds is 5. The van der Waals surface area contributed by atoms with Gasteiger partial charge in [0.2, 0.25) is 0 Å². The van der Waals surface area contributed by atoms with Gasteiger partial charge in [-0.05, 0) is 45.6 Å². The van der Waals surface area contributed by atoms with E-state index in [1.165, 1.54) is 0 Å². The molecule has 3 rings (SSSR count). The molecule has 28 heavy (non-hydrogen) atoms. The van der Waals surface area contributed by atoms with Gasteiger partial charge >= 0.3 is 5.97 Å². The predicted molar refractivity (Wildman–Crippen MR) is 106 cm³/mol. The van der Waals surface area contributed by atoms with Crippen LogP contribution in [0.15, 0.2) is 18.5 Å². The number of nitrogens with zero attached hydrogens (tertiary/aromatic N) is 3. The van der Waals surface area contributed by atoms with Gasteiger partial charge in [-0.25, -0.2) is 0 Å². The second kappa shape index (κ2) is 8.66. The third-order valence-corrected chi connectivity index (χ3v) is 5.94. The van der Waals surface area contributed by atoms with Crippen molar-refractivity contribution in [3.05, 3.63) is 24.0 Å². The summed E-state index contributed by atoms with van der Waals surface area (Å²) in [4.78, 5) is 28.5. The molecule has 7 nitrogen and oxygen atoms in total. The number of carbonyl (C=O) groups is 2. The first-order valence-electron chi connectivity index (χ1n) is 10.3. The summed E-state index contributed by atoms with van der Waals surface area (Å²) in [6.07, 6.45) is 5.51. The first-order chi connectivity index (χ1) is 13.3. The van der Waals surface area contributed by atoms with Crippen LogP contribution in [0.5, 0.6) is 0 Å². The first-order valence-corrected chi connectivity index (χ1v) is 10.3. The molecule has 1 amide bonds. The van der Waals surface area contributed by atoms with E-state index in [-0.39, 0.29) is 23.8 Å². The molecule has 3 heterocycles. The number of carbonyl (C=O) groups excluding carboxylic acids is 1. The van der Waals surface area contributed by atoms with E-state index in [2.05, 4.69) is 30.2 Å². The van der Waals surface area contributed by atoms with Gasteiger partial charge in [0.25, 0.3) is 5.91 Å². The lowest BCUT2D eigenvalue weighted by Crippen LogP contribution is -2.55. The normalized spacial score (nSPS) is 24.3. The second-order valence-electron chi connectivity index (χ2n) is 8.93. The van der Waals surface area contributed by atoms with E-state index in [1.807, 2.05) is 23.4 Å². The fraction of sp³-hybridized carbons (Fsp3) is 0.714. The molecule has 0 saturated carbocycles. The number of hydrogen-bond donors (Lipinski definition) is 1. The van der Waals surface area contributed by atoms with Crippen LogP contribution in [-0.4, -0.2) is 76.8 Å². The maximum absolute atomic E-state index is 13.1. The average Bonchev–Trinajstić information content (AvgIpc) is 3.17. The molecule has 0 unspecified atom stereocenters. The van der Waals surface area contributed by atoms with E-state index >= 15 is 0 Å². The average molecular weight is 392 g/mol. The van der Waals surface area contributed by atoms with Crippen LogP contribution in [0.3, 0.4) is 0 Å². The number of carboxylic acids is 1. The molecule has 2 aliphatic heterocycles. The largest absolute Gasteiger partial charge is 0.481 e. The van der Waals surface area contributed by atoms with E-state index in [0.29, 0.717) is 31.1 Å². The number of hydrogen-bond acceptors (Lipinski definition) is 4. The van der Waals surface area contributed by atoms with Crippen molar-refractivity contribution in [3.63, 3.8) is 0 Å². The quantitative estimate of drug-likeness (QED) is 0.833. The highest BCUT2D eigenvalue weighted by Crippen LogP contribution is 2.28. The number of aromatic nitrogens is 1. The molecule has 0 bridgehead atoms. The molecular weight excluding hydrogens is 358 g/mol. The van der Waals surface area contributed by atoms with Crippen LogP contribution in [0, 0.1) is 5.92 Å². The molecule has 0 aliphatic carbocycles. The van der Waals surface area contributed by atoms with Crippen molar-refractivity contribution in [2.24, 2.45) is 5.92 Å². The van der Waals surface area contributed by atoms with Gasteiger partial charge in [0.05, 0.1) is 18.8 Å². The summed E-state index contributed by atoms with van der Waals surface area (Å²) in [5.74, 6) is -0.549. The Hall–Kier alpha value is -1.86. The molecular formula is C21H33N3O4. The summed E-state index contributed by atoms with van der Waals surface area (Å²) in [6, 6.07) is 2.21.